The second kappa shape index (κ2) is 177. The van der Waals surface area contributed by atoms with Gasteiger partial charge >= 0.3 is 0 Å². The van der Waals surface area contributed by atoms with Crippen molar-refractivity contribution in [2.24, 2.45) is 0 Å². The van der Waals surface area contributed by atoms with Gasteiger partial charge in [-0.25, -0.2) is 0 Å². The fourth-order valence-corrected chi connectivity index (χ4v) is 0. The van der Waals surface area contributed by atoms with Gasteiger partial charge < -0.3 is 43.8 Å². The van der Waals surface area contributed by atoms with E-state index in [1.807, 2.05) is 0 Å². The van der Waals surface area contributed by atoms with Gasteiger partial charge in [0, 0.05) is 252 Å². The largest absolute Gasteiger partial charge is 0.412 e. The van der Waals surface area contributed by atoms with Gasteiger partial charge in [0.15, 0.2) is 0 Å². The molecule has 0 heterocycles. The molecule has 0 aromatic heterocycles. The molecular formula is H16Ba2Ca2Cu3HgO8. The standard InChI is InChI=1S/2Ba.2Ca.3Cu.Hg.8H2O/h;;;;;;;;8*1H2. The number of hydrogen-bond acceptors (Lipinski definition) is 0. The fourth-order valence-electron chi connectivity index (χ4n) is 0. The molecule has 0 amide bonds. The smallest absolute Gasteiger partial charge is 0 e. The maximum absolute atomic E-state index is 0. The molecule has 0 spiro atoms. The van der Waals surface area contributed by atoms with Crippen molar-refractivity contribution in [2.45, 2.75) is 0 Å². The van der Waals surface area contributed by atoms with E-state index < -0.39 is 0 Å². The van der Waals surface area contributed by atoms with Gasteiger partial charge in [-0.05, 0) is 0 Å². The molecule has 0 saturated carbocycles. The molecule has 8 nitrogen and oxygen atoms in total. The van der Waals surface area contributed by atoms with E-state index in [4.69, 9.17) is 0 Å². The quantitative estimate of drug-likeness (QED) is 0.206. The molecule has 0 aliphatic carbocycles. The van der Waals surface area contributed by atoms with E-state index in [0.717, 1.165) is 0 Å². The summed E-state index contributed by atoms with van der Waals surface area (Å²) in [5, 5.41) is 0. The second-order valence-electron chi connectivity index (χ2n) is 0. The molecule has 0 atom stereocenters. The van der Waals surface area contributed by atoms with E-state index in [9.17, 15) is 0 Å². The molecule has 0 fully saturated rings. The molecular weight excluding hydrogens is 874 g/mol. The fraction of sp³-hybridized carbons (Fsp3) is 0. The van der Waals surface area contributed by atoms with Crippen molar-refractivity contribution in [3.63, 3.8) is 0 Å². The average molecular weight is 890 g/mol. The molecule has 0 aromatic carbocycles. The van der Waals surface area contributed by atoms with Crippen molar-refractivity contribution in [3.8, 4) is 0 Å². The van der Waals surface area contributed by atoms with Crippen LogP contribution < -0.4 is 0 Å². The van der Waals surface area contributed by atoms with E-state index in [1.165, 1.54) is 0 Å². The third kappa shape index (κ3) is 154. The van der Waals surface area contributed by atoms with Gasteiger partial charge in [-0.1, -0.05) is 0 Å². The zero-order valence-corrected chi connectivity index (χ0v) is 30.1. The molecule has 0 saturated heterocycles. The third-order valence-electron chi connectivity index (χ3n) is 0. The Hall–Kier alpha value is 7.84. The van der Waals surface area contributed by atoms with Gasteiger partial charge in [-0.3, -0.25) is 0 Å². The van der Waals surface area contributed by atoms with Crippen molar-refractivity contribution in [1.29, 1.82) is 0 Å². The molecule has 0 aliphatic heterocycles. The minimum absolute atomic E-state index is 0. The van der Waals surface area contributed by atoms with Crippen LogP contribution in [-0.4, -0.2) is 217 Å². The van der Waals surface area contributed by atoms with Crippen molar-refractivity contribution in [1.82, 2.24) is 0 Å². The molecule has 16 N–H and O–H groups in total. The molecule has 0 rings (SSSR count). The Bertz CT molecular complexity index is 31.2. The van der Waals surface area contributed by atoms with Crippen LogP contribution in [0, 0.1) is 0 Å². The van der Waals surface area contributed by atoms with Crippen LogP contribution in [0.4, 0.5) is 0 Å². The van der Waals surface area contributed by atoms with Gasteiger partial charge in [0.25, 0.3) is 0 Å². The first-order valence-corrected chi connectivity index (χ1v) is 0. The predicted molar refractivity (Wildman–Crippen MR) is 51.9 cm³/mol. The molecule has 0 unspecified atom stereocenters. The van der Waals surface area contributed by atoms with E-state index >= 15 is 0 Å². The second-order valence-corrected chi connectivity index (χ2v) is 0. The van der Waals surface area contributed by atoms with Crippen molar-refractivity contribution in [2.75, 3.05) is 0 Å². The summed E-state index contributed by atoms with van der Waals surface area (Å²) in [6, 6.07) is 0. The van der Waals surface area contributed by atoms with Gasteiger partial charge in [-0.2, -0.15) is 0 Å². The SMILES string of the molecule is O.O.O.O.O.O.O.O.[Ba].[Ba].[Ca].[Ca].[Cu].[Cu].[Cu].[Hg]. The van der Waals surface area contributed by atoms with Crippen molar-refractivity contribution < 1.29 is 123 Å². The first kappa shape index (κ1) is 202. The first-order chi connectivity index (χ1) is 0. The Morgan fingerprint density at radius 2 is 0.312 bits per heavy atom. The van der Waals surface area contributed by atoms with Crippen molar-refractivity contribution >= 4 is 173 Å². The maximum atomic E-state index is 0. The summed E-state index contributed by atoms with van der Waals surface area (Å²) in [5.41, 5.74) is 0. The molecule has 16 heteroatoms. The minimum Gasteiger partial charge on any atom is -0.412 e. The molecule has 11 radical (unpaired) electrons. The van der Waals surface area contributed by atoms with Crippen LogP contribution in [-0.2, 0) is 78.9 Å². The van der Waals surface area contributed by atoms with Gasteiger partial charge in [0.1, 0.15) is 0 Å². The topological polar surface area (TPSA) is 252 Å². The van der Waals surface area contributed by atoms with Crippen LogP contribution in [0.2, 0.25) is 0 Å². The van der Waals surface area contributed by atoms with Crippen LogP contribution in [0.5, 0.6) is 0 Å². The van der Waals surface area contributed by atoms with Crippen molar-refractivity contribution in [3.05, 3.63) is 0 Å². The first-order valence-electron chi connectivity index (χ1n) is 0. The minimum atomic E-state index is 0. The molecule has 0 aliphatic rings. The Kier molecular flexibility index (Phi) is 2240. The Labute approximate surface area is 287 Å². The van der Waals surface area contributed by atoms with E-state index in [0.29, 0.717) is 0 Å². The predicted octanol–water partition coefficient (Wildman–Crippen LogP) is -8.13. The van der Waals surface area contributed by atoms with Crippen LogP contribution in [0.1, 0.15) is 0 Å². The summed E-state index contributed by atoms with van der Waals surface area (Å²) in [6.45, 7) is 0. The maximum Gasteiger partial charge on any atom is 0 e. The van der Waals surface area contributed by atoms with E-state index in [1.54, 1.807) is 0 Å². The average Bonchev–Trinajstić information content (AvgIpc) is 0. The van der Waals surface area contributed by atoms with Crippen LogP contribution in [0.3, 0.4) is 0 Å². The zero-order valence-electron chi connectivity index (χ0n) is 8.44. The Morgan fingerprint density at radius 1 is 0.312 bits per heavy atom. The Balaban J connectivity index is 0. The summed E-state index contributed by atoms with van der Waals surface area (Å²) < 4.78 is 0. The van der Waals surface area contributed by atoms with Crippen LogP contribution in [0.15, 0.2) is 0 Å². The number of rotatable bonds is 0. The zero-order chi connectivity index (χ0) is 0. The Morgan fingerprint density at radius 3 is 0.312 bits per heavy atom. The molecule has 0 aromatic rings. The monoisotopic (exact) mass is 891 g/mol. The molecule has 16 heavy (non-hydrogen) atoms. The van der Waals surface area contributed by atoms with E-state index in [2.05, 4.69) is 0 Å². The summed E-state index contributed by atoms with van der Waals surface area (Å²) in [6.07, 6.45) is 0. The number of hydrogen-bond donors (Lipinski definition) is 0. The summed E-state index contributed by atoms with van der Waals surface area (Å²) in [4.78, 5) is 0. The van der Waals surface area contributed by atoms with Gasteiger partial charge in [0.05, 0.1) is 0 Å². The van der Waals surface area contributed by atoms with Gasteiger partial charge in [-0.15, -0.1) is 0 Å². The normalized spacial score (nSPS) is 0. The third-order valence-corrected chi connectivity index (χ3v) is 0. The van der Waals surface area contributed by atoms with Crippen LogP contribution in [0.25, 0.3) is 0 Å². The van der Waals surface area contributed by atoms with E-state index in [-0.39, 0.29) is 296 Å². The molecule has 0 bridgehead atoms. The molecule has 107 valence electrons. The summed E-state index contributed by atoms with van der Waals surface area (Å²) in [5.74, 6) is 0. The summed E-state index contributed by atoms with van der Waals surface area (Å²) in [7, 11) is 0. The summed E-state index contributed by atoms with van der Waals surface area (Å²) >= 11 is 0. The van der Waals surface area contributed by atoms with Gasteiger partial charge in [0.2, 0.25) is 0 Å². The van der Waals surface area contributed by atoms with Crippen LogP contribution >= 0.6 is 0 Å².